The van der Waals surface area contributed by atoms with Gasteiger partial charge in [0.2, 0.25) is 0 Å². The summed E-state index contributed by atoms with van der Waals surface area (Å²) in [5.41, 5.74) is 4.08. The molecule has 0 aromatic carbocycles. The lowest BCUT2D eigenvalue weighted by Gasteiger charge is -2.09. The topological polar surface area (TPSA) is 63.8 Å². The number of nitrogen functional groups attached to an aromatic ring is 1. The van der Waals surface area contributed by atoms with Gasteiger partial charge in [0.15, 0.2) is 5.82 Å². The van der Waals surface area contributed by atoms with Gasteiger partial charge in [-0.15, -0.1) is 16.4 Å². The van der Waals surface area contributed by atoms with E-state index in [-0.39, 0.29) is 0 Å². The molecule has 2 aromatic rings. The molecule has 0 saturated heterocycles. The molecule has 0 spiro atoms. The van der Waals surface area contributed by atoms with Crippen LogP contribution in [0.5, 0.6) is 0 Å². The minimum Gasteiger partial charge on any atom is -0.306 e. The van der Waals surface area contributed by atoms with Gasteiger partial charge in [-0.3, -0.25) is 0 Å². The lowest BCUT2D eigenvalue weighted by atomic mass is 9.97. The van der Waals surface area contributed by atoms with Crippen LogP contribution in [0.1, 0.15) is 23.3 Å². The highest BCUT2D eigenvalue weighted by atomic mass is 32.1. The Kier molecular flexibility index (Phi) is 2.07. The number of aromatic nitrogens is 2. The van der Waals surface area contributed by atoms with Crippen molar-refractivity contribution in [3.05, 3.63) is 16.6 Å². The molecule has 0 saturated carbocycles. The van der Waals surface area contributed by atoms with Gasteiger partial charge in [-0.2, -0.15) is 5.10 Å². The number of rotatable bonds is 1. The quantitative estimate of drug-likeness (QED) is 0.568. The monoisotopic (exact) mass is 220 g/mol. The molecule has 0 radical (unpaired) electrons. The third-order valence-electron chi connectivity index (χ3n) is 2.91. The van der Waals surface area contributed by atoms with Crippen LogP contribution in [0, 0.1) is 0 Å². The van der Waals surface area contributed by atoms with Crippen molar-refractivity contribution in [3.63, 3.8) is 0 Å². The number of nitrogens with two attached hydrogens (primary N) is 1. The molecule has 3 rings (SSSR count). The molecule has 1 aliphatic carbocycles. The molecule has 0 unspecified atom stereocenters. The lowest BCUT2D eigenvalue weighted by molar-refractivity contribution is 0.700. The lowest BCUT2D eigenvalue weighted by Crippen LogP contribution is -2.09. The predicted molar refractivity (Wildman–Crippen MR) is 61.9 cm³/mol. The Morgan fingerprint density at radius 2 is 2.20 bits per heavy atom. The van der Waals surface area contributed by atoms with Crippen molar-refractivity contribution in [2.24, 2.45) is 5.84 Å². The van der Waals surface area contributed by atoms with Gasteiger partial charge in [-0.25, -0.2) is 5.84 Å². The summed E-state index contributed by atoms with van der Waals surface area (Å²) in [4.78, 5) is 1.49. The molecule has 3 N–H and O–H groups in total. The van der Waals surface area contributed by atoms with Crippen LogP contribution in [0.3, 0.4) is 0 Å². The zero-order valence-corrected chi connectivity index (χ0v) is 9.10. The fourth-order valence-electron chi connectivity index (χ4n) is 2.19. The maximum Gasteiger partial charge on any atom is 0.180 e. The molecule has 1 aliphatic rings. The number of hydrogen-bond donors (Lipinski definition) is 2. The SMILES string of the molecule is NNc1nncc2c3c(sc12)CCCC3. The third kappa shape index (κ3) is 1.31. The van der Waals surface area contributed by atoms with Crippen molar-refractivity contribution in [1.29, 1.82) is 0 Å². The molecule has 78 valence electrons. The van der Waals surface area contributed by atoms with E-state index in [9.17, 15) is 0 Å². The van der Waals surface area contributed by atoms with Crippen molar-refractivity contribution in [2.75, 3.05) is 5.43 Å². The van der Waals surface area contributed by atoms with Gasteiger partial charge in [0, 0.05) is 10.3 Å². The van der Waals surface area contributed by atoms with Gasteiger partial charge in [-0.05, 0) is 31.2 Å². The van der Waals surface area contributed by atoms with E-state index >= 15 is 0 Å². The van der Waals surface area contributed by atoms with Gasteiger partial charge in [0.1, 0.15) is 0 Å². The Bertz CT molecular complexity index is 505. The molecule has 2 heterocycles. The van der Waals surface area contributed by atoms with Crippen LogP contribution in [0.25, 0.3) is 10.1 Å². The summed E-state index contributed by atoms with van der Waals surface area (Å²) in [7, 11) is 0. The van der Waals surface area contributed by atoms with E-state index in [1.807, 2.05) is 6.20 Å². The van der Waals surface area contributed by atoms with Gasteiger partial charge in [0.05, 0.1) is 10.9 Å². The summed E-state index contributed by atoms with van der Waals surface area (Å²) in [6, 6.07) is 0. The second-order valence-corrected chi connectivity index (χ2v) is 4.90. The van der Waals surface area contributed by atoms with Crippen LogP contribution >= 0.6 is 11.3 Å². The van der Waals surface area contributed by atoms with Crippen LogP contribution in [-0.4, -0.2) is 10.2 Å². The summed E-state index contributed by atoms with van der Waals surface area (Å²) < 4.78 is 1.15. The predicted octanol–water partition coefficient (Wildman–Crippen LogP) is 1.86. The Labute approximate surface area is 91.5 Å². The zero-order chi connectivity index (χ0) is 10.3. The van der Waals surface area contributed by atoms with E-state index in [4.69, 9.17) is 5.84 Å². The Hall–Kier alpha value is -1.20. The van der Waals surface area contributed by atoms with Crippen molar-refractivity contribution < 1.29 is 0 Å². The molecular formula is C10H12N4S. The third-order valence-corrected chi connectivity index (χ3v) is 4.22. The number of hydrazine groups is 1. The fraction of sp³-hybridized carbons (Fsp3) is 0.400. The van der Waals surface area contributed by atoms with E-state index in [0.717, 1.165) is 4.70 Å². The first-order valence-corrected chi connectivity index (χ1v) is 5.94. The number of anilines is 1. The van der Waals surface area contributed by atoms with Gasteiger partial charge >= 0.3 is 0 Å². The van der Waals surface area contributed by atoms with E-state index in [1.165, 1.54) is 41.5 Å². The molecule has 5 heteroatoms. The number of nitrogens with zero attached hydrogens (tertiary/aromatic N) is 2. The number of thiophene rings is 1. The molecule has 2 aromatic heterocycles. The van der Waals surface area contributed by atoms with Crippen LogP contribution < -0.4 is 11.3 Å². The van der Waals surface area contributed by atoms with Crippen molar-refractivity contribution in [2.45, 2.75) is 25.7 Å². The maximum atomic E-state index is 5.43. The average molecular weight is 220 g/mol. The van der Waals surface area contributed by atoms with Gasteiger partial charge in [-0.1, -0.05) is 0 Å². The molecular weight excluding hydrogens is 208 g/mol. The second-order valence-electron chi connectivity index (χ2n) is 3.79. The number of hydrogen-bond acceptors (Lipinski definition) is 5. The van der Waals surface area contributed by atoms with Crippen molar-refractivity contribution >= 4 is 27.2 Å². The first-order valence-electron chi connectivity index (χ1n) is 5.12. The summed E-state index contributed by atoms with van der Waals surface area (Å²) in [5.74, 6) is 6.13. The Morgan fingerprint density at radius 3 is 3.07 bits per heavy atom. The number of fused-ring (bicyclic) bond motifs is 3. The molecule has 0 amide bonds. The van der Waals surface area contributed by atoms with Crippen LogP contribution in [0.2, 0.25) is 0 Å². The summed E-state index contributed by atoms with van der Waals surface area (Å²) in [6.45, 7) is 0. The normalized spacial score (nSPS) is 15.3. The molecule has 0 bridgehead atoms. The average Bonchev–Trinajstić information content (AvgIpc) is 2.67. The first kappa shape index (κ1) is 9.06. The highest BCUT2D eigenvalue weighted by Gasteiger charge is 2.18. The van der Waals surface area contributed by atoms with Crippen LogP contribution in [-0.2, 0) is 12.8 Å². The highest BCUT2D eigenvalue weighted by Crippen LogP contribution is 2.38. The minimum absolute atomic E-state index is 0.701. The zero-order valence-electron chi connectivity index (χ0n) is 8.29. The van der Waals surface area contributed by atoms with Crippen molar-refractivity contribution in [3.8, 4) is 0 Å². The van der Waals surface area contributed by atoms with E-state index in [0.29, 0.717) is 5.82 Å². The molecule has 0 atom stereocenters. The largest absolute Gasteiger partial charge is 0.306 e. The molecule has 0 fully saturated rings. The van der Waals surface area contributed by atoms with Gasteiger partial charge in [0.25, 0.3) is 0 Å². The standard InChI is InChI=1S/C10H12N4S/c11-13-10-9-7(5-12-14-10)6-3-1-2-4-8(6)15-9/h5H,1-4,11H2,(H,13,14). The first-order chi connectivity index (χ1) is 7.40. The summed E-state index contributed by atoms with van der Waals surface area (Å²) in [5, 5.41) is 9.21. The smallest absolute Gasteiger partial charge is 0.180 e. The van der Waals surface area contributed by atoms with Crippen LogP contribution in [0.15, 0.2) is 6.20 Å². The van der Waals surface area contributed by atoms with Crippen LogP contribution in [0.4, 0.5) is 5.82 Å². The number of aryl methyl sites for hydroxylation is 2. The fourth-order valence-corrected chi connectivity index (χ4v) is 3.50. The second kappa shape index (κ2) is 3.43. The Morgan fingerprint density at radius 1 is 1.33 bits per heavy atom. The summed E-state index contributed by atoms with van der Waals surface area (Å²) in [6.07, 6.45) is 6.80. The highest BCUT2D eigenvalue weighted by molar-refractivity contribution is 7.19. The van der Waals surface area contributed by atoms with Crippen molar-refractivity contribution in [1.82, 2.24) is 10.2 Å². The molecule has 4 nitrogen and oxygen atoms in total. The van der Waals surface area contributed by atoms with E-state index in [2.05, 4.69) is 15.6 Å². The van der Waals surface area contributed by atoms with E-state index in [1.54, 1.807) is 11.3 Å². The van der Waals surface area contributed by atoms with E-state index < -0.39 is 0 Å². The maximum absolute atomic E-state index is 5.43. The molecule has 0 aliphatic heterocycles. The Balaban J connectivity index is 2.31. The minimum atomic E-state index is 0.701. The number of nitrogens with one attached hydrogen (secondary N) is 1. The van der Waals surface area contributed by atoms with Gasteiger partial charge < -0.3 is 5.43 Å². The molecule has 15 heavy (non-hydrogen) atoms. The summed E-state index contributed by atoms with van der Waals surface area (Å²) >= 11 is 1.81.